The quantitative estimate of drug-likeness (QED) is 0.490. The molecule has 0 saturated carbocycles. The van der Waals surface area contributed by atoms with Gasteiger partial charge >= 0.3 is 0 Å². The van der Waals surface area contributed by atoms with Gasteiger partial charge in [-0.1, -0.05) is 0 Å². The summed E-state index contributed by atoms with van der Waals surface area (Å²) in [6.07, 6.45) is -0.0637. The Hall–Kier alpha value is -0.170. The van der Waals surface area contributed by atoms with Crippen molar-refractivity contribution in [1.29, 1.82) is 0 Å². The summed E-state index contributed by atoms with van der Waals surface area (Å²) in [7, 11) is -4.37. The molecule has 1 aliphatic rings. The molecule has 1 unspecified atom stereocenters. The molecule has 0 radical (unpaired) electrons. The Morgan fingerprint density at radius 3 is 2.30 bits per heavy atom. The van der Waals surface area contributed by atoms with Crippen molar-refractivity contribution < 1.29 is 22.8 Å². The van der Waals surface area contributed by atoms with Crippen LogP contribution in [0.1, 0.15) is 6.42 Å². The van der Waals surface area contributed by atoms with Crippen LogP contribution in [0, 0.1) is 0 Å². The van der Waals surface area contributed by atoms with Crippen LogP contribution in [0.3, 0.4) is 0 Å². The lowest BCUT2D eigenvalue weighted by Gasteiger charge is -2.14. The summed E-state index contributed by atoms with van der Waals surface area (Å²) in [5.41, 5.74) is 0. The average Bonchev–Trinajstić information content (AvgIpc) is 2.13. The maximum atomic E-state index is 10.4. The number of rotatable bonds is 1. The van der Waals surface area contributed by atoms with Crippen molar-refractivity contribution in [2.75, 3.05) is 13.2 Å². The van der Waals surface area contributed by atoms with Gasteiger partial charge < -0.3 is 9.84 Å². The van der Waals surface area contributed by atoms with Crippen molar-refractivity contribution in [1.82, 2.24) is 0 Å². The molecular formula is C4H8O5S. The summed E-state index contributed by atoms with van der Waals surface area (Å²) in [5, 5.41) is 9.06. The smallest absolute Gasteiger partial charge is 0.297 e. The molecule has 6 heteroatoms. The molecule has 0 aromatic rings. The first-order valence-electron chi connectivity index (χ1n) is 2.73. The van der Waals surface area contributed by atoms with Crippen LogP contribution in [0.2, 0.25) is 0 Å². The molecule has 0 aromatic carbocycles. The van der Waals surface area contributed by atoms with Crippen LogP contribution >= 0.6 is 0 Å². The number of aliphatic hydroxyl groups is 1. The summed E-state index contributed by atoms with van der Waals surface area (Å²) in [4.78, 5) is -2.06. The molecule has 5 nitrogen and oxygen atoms in total. The van der Waals surface area contributed by atoms with Gasteiger partial charge in [0.1, 0.15) is 0 Å². The minimum absolute atomic E-state index is 0.0637. The first-order valence-corrected chi connectivity index (χ1v) is 4.17. The molecule has 0 aliphatic carbocycles. The Morgan fingerprint density at radius 1 is 1.50 bits per heavy atom. The largest absolute Gasteiger partial charge is 0.377 e. The van der Waals surface area contributed by atoms with Crippen molar-refractivity contribution in [3.05, 3.63) is 0 Å². The van der Waals surface area contributed by atoms with Gasteiger partial charge in [-0.3, -0.25) is 4.55 Å². The zero-order valence-electron chi connectivity index (χ0n) is 5.15. The second-order valence-corrected chi connectivity index (χ2v) is 3.93. The van der Waals surface area contributed by atoms with Gasteiger partial charge in [0.2, 0.25) is 4.93 Å². The highest BCUT2D eigenvalue weighted by Gasteiger charge is 2.44. The van der Waals surface area contributed by atoms with E-state index in [9.17, 15) is 8.42 Å². The monoisotopic (exact) mass is 168 g/mol. The molecule has 60 valence electrons. The fourth-order valence-corrected chi connectivity index (χ4v) is 1.31. The molecule has 1 rings (SSSR count). The van der Waals surface area contributed by atoms with Crippen molar-refractivity contribution in [2.24, 2.45) is 0 Å². The van der Waals surface area contributed by atoms with Gasteiger partial charge in [-0.2, -0.15) is 8.42 Å². The number of hydrogen-bond donors (Lipinski definition) is 2. The van der Waals surface area contributed by atoms with E-state index in [0.29, 0.717) is 0 Å². The van der Waals surface area contributed by atoms with Gasteiger partial charge in [-0.25, -0.2) is 0 Å². The van der Waals surface area contributed by atoms with E-state index in [1.54, 1.807) is 0 Å². The average molecular weight is 168 g/mol. The van der Waals surface area contributed by atoms with Gasteiger partial charge in [0, 0.05) is 6.42 Å². The van der Waals surface area contributed by atoms with E-state index in [2.05, 4.69) is 4.74 Å². The standard InChI is InChI=1S/C4H8O5S/c5-4(10(6,7)8)1-2-9-3-4/h5H,1-3H2,(H,6,7,8). The third kappa shape index (κ3) is 1.15. The Kier molecular flexibility index (Phi) is 1.71. The van der Waals surface area contributed by atoms with Crippen molar-refractivity contribution in [3.63, 3.8) is 0 Å². The second kappa shape index (κ2) is 2.16. The molecule has 1 atom stereocenters. The second-order valence-electron chi connectivity index (χ2n) is 2.22. The Morgan fingerprint density at radius 2 is 2.10 bits per heavy atom. The molecule has 1 aliphatic heterocycles. The first kappa shape index (κ1) is 7.93. The first-order chi connectivity index (χ1) is 4.46. The summed E-state index contributed by atoms with van der Waals surface area (Å²) in [6.45, 7) is -0.178. The minimum Gasteiger partial charge on any atom is -0.377 e. The number of ether oxygens (including phenoxy) is 1. The predicted molar refractivity (Wildman–Crippen MR) is 31.9 cm³/mol. The normalized spacial score (nSPS) is 34.6. The molecular weight excluding hydrogens is 160 g/mol. The van der Waals surface area contributed by atoms with E-state index in [4.69, 9.17) is 9.66 Å². The molecule has 2 N–H and O–H groups in total. The molecule has 0 spiro atoms. The van der Waals surface area contributed by atoms with Crippen LogP contribution in [0.15, 0.2) is 0 Å². The SMILES string of the molecule is O=S(=O)(O)C1(O)CCOC1. The molecule has 1 saturated heterocycles. The topological polar surface area (TPSA) is 83.8 Å². The van der Waals surface area contributed by atoms with E-state index in [1.165, 1.54) is 0 Å². The lowest BCUT2D eigenvalue weighted by atomic mass is 10.3. The van der Waals surface area contributed by atoms with Crippen molar-refractivity contribution in [2.45, 2.75) is 11.4 Å². The maximum absolute atomic E-state index is 10.4. The zero-order valence-corrected chi connectivity index (χ0v) is 5.97. The highest BCUT2D eigenvalue weighted by atomic mass is 32.2. The van der Waals surface area contributed by atoms with Gasteiger partial charge in [0.05, 0.1) is 13.2 Å². The van der Waals surface area contributed by atoms with E-state index < -0.39 is 15.1 Å². The van der Waals surface area contributed by atoms with E-state index in [-0.39, 0.29) is 19.6 Å². The van der Waals surface area contributed by atoms with Gasteiger partial charge in [0.25, 0.3) is 10.1 Å². The summed E-state index contributed by atoms with van der Waals surface area (Å²) in [6, 6.07) is 0. The number of hydrogen-bond acceptors (Lipinski definition) is 4. The summed E-state index contributed by atoms with van der Waals surface area (Å²) in [5.74, 6) is 0. The maximum Gasteiger partial charge on any atom is 0.297 e. The predicted octanol–water partition coefficient (Wildman–Crippen LogP) is -1.02. The fraction of sp³-hybridized carbons (Fsp3) is 1.00. The van der Waals surface area contributed by atoms with Crippen LogP contribution in [-0.4, -0.2) is 36.2 Å². The summed E-state index contributed by atoms with van der Waals surface area (Å²) < 4.78 is 33.8. The molecule has 1 heterocycles. The third-order valence-corrected chi connectivity index (χ3v) is 2.73. The van der Waals surface area contributed by atoms with Gasteiger partial charge in [0.15, 0.2) is 0 Å². The lowest BCUT2D eigenvalue weighted by molar-refractivity contribution is 0.0863. The Labute approximate surface area is 58.4 Å². The molecule has 0 aromatic heterocycles. The Bertz CT molecular complexity index is 212. The van der Waals surface area contributed by atoms with Crippen LogP contribution in [-0.2, 0) is 14.9 Å². The summed E-state index contributed by atoms with van der Waals surface area (Å²) >= 11 is 0. The molecule has 1 fully saturated rings. The van der Waals surface area contributed by atoms with Crippen molar-refractivity contribution >= 4 is 10.1 Å². The highest BCUT2D eigenvalue weighted by Crippen LogP contribution is 2.23. The van der Waals surface area contributed by atoms with Gasteiger partial charge in [-0.15, -0.1) is 0 Å². The van der Waals surface area contributed by atoms with E-state index in [1.807, 2.05) is 0 Å². The van der Waals surface area contributed by atoms with Crippen molar-refractivity contribution in [3.8, 4) is 0 Å². The zero-order chi connectivity index (χ0) is 7.83. The van der Waals surface area contributed by atoms with Gasteiger partial charge in [-0.05, 0) is 0 Å². The third-order valence-electron chi connectivity index (χ3n) is 1.44. The Balaban J connectivity index is 2.88. The minimum atomic E-state index is -4.37. The fourth-order valence-electron chi connectivity index (χ4n) is 0.739. The van der Waals surface area contributed by atoms with Crippen LogP contribution in [0.25, 0.3) is 0 Å². The van der Waals surface area contributed by atoms with Crippen LogP contribution in [0.5, 0.6) is 0 Å². The van der Waals surface area contributed by atoms with E-state index >= 15 is 0 Å². The highest BCUT2D eigenvalue weighted by molar-refractivity contribution is 7.87. The molecule has 0 amide bonds. The molecule has 0 bridgehead atoms. The molecule has 10 heavy (non-hydrogen) atoms. The van der Waals surface area contributed by atoms with E-state index in [0.717, 1.165) is 0 Å². The van der Waals surface area contributed by atoms with Crippen LogP contribution < -0.4 is 0 Å². The van der Waals surface area contributed by atoms with Crippen LogP contribution in [0.4, 0.5) is 0 Å². The lowest BCUT2D eigenvalue weighted by Crippen LogP contribution is -2.38.